The van der Waals surface area contributed by atoms with Gasteiger partial charge in [0.15, 0.2) is 0 Å². The first kappa shape index (κ1) is 14.8. The van der Waals surface area contributed by atoms with Gasteiger partial charge in [-0.25, -0.2) is 0 Å². The molecule has 2 saturated heterocycles. The minimum absolute atomic E-state index is 0.362. The molecular weight excluding hydrogens is 238 g/mol. The number of nitrogens with one attached hydrogen (secondary N) is 1. The van der Waals surface area contributed by atoms with E-state index in [9.17, 15) is 4.79 Å². The summed E-state index contributed by atoms with van der Waals surface area (Å²) in [5.41, 5.74) is 0. The molecule has 2 atom stereocenters. The highest BCUT2D eigenvalue weighted by molar-refractivity contribution is 5.77. The molecule has 0 spiro atoms. The van der Waals surface area contributed by atoms with Crippen molar-refractivity contribution in [1.29, 1.82) is 0 Å². The number of nitrogens with zero attached hydrogens (tertiary/aromatic N) is 2. The molecule has 0 radical (unpaired) electrons. The molecule has 19 heavy (non-hydrogen) atoms. The molecule has 1 amide bonds. The summed E-state index contributed by atoms with van der Waals surface area (Å²) < 4.78 is 0. The maximum Gasteiger partial charge on any atom is 0.224 e. The molecule has 0 bridgehead atoms. The number of likely N-dealkylation sites (tertiary alicyclic amines) is 1. The van der Waals surface area contributed by atoms with Gasteiger partial charge in [-0.2, -0.15) is 0 Å². The molecule has 0 aromatic heterocycles. The molecule has 2 unspecified atom stereocenters. The van der Waals surface area contributed by atoms with E-state index in [1.54, 1.807) is 0 Å². The fourth-order valence-corrected chi connectivity index (χ4v) is 3.33. The third kappa shape index (κ3) is 4.18. The Labute approximate surface area is 117 Å². The number of carbonyl (C=O) groups is 1. The topological polar surface area (TPSA) is 35.6 Å². The highest BCUT2D eigenvalue weighted by Crippen LogP contribution is 2.20. The Morgan fingerprint density at radius 3 is 2.74 bits per heavy atom. The van der Waals surface area contributed by atoms with Crippen LogP contribution in [0.2, 0.25) is 0 Å². The molecule has 2 aliphatic rings. The lowest BCUT2D eigenvalue weighted by atomic mass is 10.1. The number of carbonyl (C=O) groups excluding carboxylic acids is 1. The van der Waals surface area contributed by atoms with Crippen LogP contribution in [0.5, 0.6) is 0 Å². The predicted octanol–water partition coefficient (Wildman–Crippen LogP) is 1.32. The fraction of sp³-hybridized carbons (Fsp3) is 0.933. The van der Waals surface area contributed by atoms with Crippen LogP contribution in [-0.4, -0.2) is 61.0 Å². The van der Waals surface area contributed by atoms with Crippen LogP contribution < -0.4 is 5.32 Å². The molecular formula is C15H29N3O. The maximum absolute atomic E-state index is 12.2. The molecule has 4 nitrogen and oxygen atoms in total. The number of rotatable bonds is 6. The molecule has 110 valence electrons. The monoisotopic (exact) mass is 267 g/mol. The van der Waals surface area contributed by atoms with Gasteiger partial charge in [-0.15, -0.1) is 0 Å². The fourth-order valence-electron chi connectivity index (χ4n) is 3.33. The summed E-state index contributed by atoms with van der Waals surface area (Å²) >= 11 is 0. The Balaban J connectivity index is 1.72. The third-order valence-corrected chi connectivity index (χ3v) is 4.63. The van der Waals surface area contributed by atoms with Crippen molar-refractivity contribution in [3.8, 4) is 0 Å². The van der Waals surface area contributed by atoms with Crippen LogP contribution in [0.4, 0.5) is 0 Å². The van der Waals surface area contributed by atoms with E-state index >= 15 is 0 Å². The first-order valence-corrected chi connectivity index (χ1v) is 7.96. The molecule has 2 aliphatic heterocycles. The zero-order chi connectivity index (χ0) is 13.7. The van der Waals surface area contributed by atoms with Crippen LogP contribution in [0.25, 0.3) is 0 Å². The van der Waals surface area contributed by atoms with Crippen molar-refractivity contribution in [1.82, 2.24) is 15.1 Å². The Hall–Kier alpha value is -0.610. The van der Waals surface area contributed by atoms with Gasteiger partial charge in [0.05, 0.1) is 0 Å². The van der Waals surface area contributed by atoms with Gasteiger partial charge < -0.3 is 15.1 Å². The molecule has 2 rings (SSSR count). The van der Waals surface area contributed by atoms with Crippen molar-refractivity contribution >= 4 is 5.91 Å². The van der Waals surface area contributed by atoms with Crippen molar-refractivity contribution in [2.24, 2.45) is 5.92 Å². The Kier molecular flexibility index (Phi) is 5.64. The Morgan fingerprint density at radius 1 is 1.32 bits per heavy atom. The molecule has 1 N–H and O–H groups in total. The van der Waals surface area contributed by atoms with Crippen LogP contribution in [-0.2, 0) is 4.79 Å². The Morgan fingerprint density at radius 2 is 2.11 bits per heavy atom. The summed E-state index contributed by atoms with van der Waals surface area (Å²) in [6.45, 7) is 10.8. The largest absolute Gasteiger partial charge is 0.342 e. The van der Waals surface area contributed by atoms with Crippen molar-refractivity contribution in [2.75, 3.05) is 39.3 Å². The molecule has 0 aliphatic carbocycles. The van der Waals surface area contributed by atoms with Gasteiger partial charge in [-0.3, -0.25) is 4.79 Å². The van der Waals surface area contributed by atoms with E-state index in [0.717, 1.165) is 39.3 Å². The van der Waals surface area contributed by atoms with E-state index in [-0.39, 0.29) is 0 Å². The smallest absolute Gasteiger partial charge is 0.224 e. The normalized spacial score (nSPS) is 27.4. The van der Waals surface area contributed by atoms with E-state index in [1.165, 1.54) is 19.3 Å². The van der Waals surface area contributed by atoms with E-state index in [0.29, 0.717) is 24.3 Å². The highest BCUT2D eigenvalue weighted by atomic mass is 16.2. The van der Waals surface area contributed by atoms with Gasteiger partial charge in [0.2, 0.25) is 5.91 Å². The quantitative estimate of drug-likeness (QED) is 0.788. The average Bonchev–Trinajstić information content (AvgIpc) is 3.07. The van der Waals surface area contributed by atoms with Gasteiger partial charge in [0.25, 0.3) is 0 Å². The first-order valence-electron chi connectivity index (χ1n) is 7.96. The van der Waals surface area contributed by atoms with Gasteiger partial charge in [-0.05, 0) is 44.8 Å². The number of hydrogen-bond donors (Lipinski definition) is 1. The maximum atomic E-state index is 12.2. The zero-order valence-electron chi connectivity index (χ0n) is 12.5. The second-order valence-electron chi connectivity index (χ2n) is 5.98. The summed E-state index contributed by atoms with van der Waals surface area (Å²) in [5, 5.41) is 3.42. The van der Waals surface area contributed by atoms with E-state index in [4.69, 9.17) is 0 Å². The van der Waals surface area contributed by atoms with Crippen LogP contribution in [0, 0.1) is 5.92 Å². The zero-order valence-corrected chi connectivity index (χ0v) is 12.5. The Bertz CT molecular complexity index is 285. The minimum Gasteiger partial charge on any atom is -0.342 e. The SMILES string of the molecule is CCN(CC)CC1CCN(C(=O)CC2CCCN2)C1. The lowest BCUT2D eigenvalue weighted by molar-refractivity contribution is -0.130. The predicted molar refractivity (Wildman–Crippen MR) is 78.1 cm³/mol. The van der Waals surface area contributed by atoms with Crippen molar-refractivity contribution in [3.63, 3.8) is 0 Å². The van der Waals surface area contributed by atoms with Crippen LogP contribution in [0.3, 0.4) is 0 Å². The molecule has 0 saturated carbocycles. The standard InChI is InChI=1S/C15H29N3O/c1-3-17(4-2)11-13-7-9-18(12-13)15(19)10-14-6-5-8-16-14/h13-14,16H,3-12H2,1-2H3. The molecule has 0 aromatic rings. The average molecular weight is 267 g/mol. The third-order valence-electron chi connectivity index (χ3n) is 4.63. The van der Waals surface area contributed by atoms with Crippen molar-refractivity contribution in [2.45, 2.75) is 45.6 Å². The number of hydrogen-bond acceptors (Lipinski definition) is 3. The first-order chi connectivity index (χ1) is 9.22. The molecule has 4 heteroatoms. The summed E-state index contributed by atoms with van der Waals surface area (Å²) in [7, 11) is 0. The lowest BCUT2D eigenvalue weighted by Gasteiger charge is -2.23. The van der Waals surface area contributed by atoms with E-state index in [2.05, 4.69) is 29.0 Å². The van der Waals surface area contributed by atoms with Gasteiger partial charge in [0.1, 0.15) is 0 Å². The van der Waals surface area contributed by atoms with Crippen molar-refractivity contribution in [3.05, 3.63) is 0 Å². The summed E-state index contributed by atoms with van der Waals surface area (Å²) in [6, 6.07) is 0.439. The van der Waals surface area contributed by atoms with Gasteiger partial charge >= 0.3 is 0 Å². The van der Waals surface area contributed by atoms with Crippen LogP contribution >= 0.6 is 0 Å². The lowest BCUT2D eigenvalue weighted by Crippen LogP contribution is -2.36. The molecule has 2 heterocycles. The van der Waals surface area contributed by atoms with E-state index < -0.39 is 0 Å². The van der Waals surface area contributed by atoms with Crippen LogP contribution in [0.15, 0.2) is 0 Å². The highest BCUT2D eigenvalue weighted by Gasteiger charge is 2.28. The second kappa shape index (κ2) is 7.25. The van der Waals surface area contributed by atoms with Crippen molar-refractivity contribution < 1.29 is 4.79 Å². The second-order valence-corrected chi connectivity index (χ2v) is 5.98. The summed E-state index contributed by atoms with van der Waals surface area (Å²) in [5.74, 6) is 1.04. The molecule has 0 aromatic carbocycles. The summed E-state index contributed by atoms with van der Waals surface area (Å²) in [6.07, 6.45) is 4.28. The van der Waals surface area contributed by atoms with E-state index in [1.807, 2.05) is 0 Å². The molecule has 2 fully saturated rings. The van der Waals surface area contributed by atoms with Gasteiger partial charge in [-0.1, -0.05) is 13.8 Å². The van der Waals surface area contributed by atoms with Crippen LogP contribution in [0.1, 0.15) is 39.5 Å². The summed E-state index contributed by atoms with van der Waals surface area (Å²) in [4.78, 5) is 16.8. The van der Waals surface area contributed by atoms with Gasteiger partial charge in [0, 0.05) is 32.1 Å². The minimum atomic E-state index is 0.362. The number of amides is 1.